The van der Waals surface area contributed by atoms with Crippen LogP contribution in [0.1, 0.15) is 24.0 Å². The van der Waals surface area contributed by atoms with E-state index < -0.39 is 0 Å². The van der Waals surface area contributed by atoms with E-state index in [0.717, 1.165) is 25.4 Å². The second kappa shape index (κ2) is 8.46. The van der Waals surface area contributed by atoms with E-state index in [1.165, 1.54) is 23.3 Å². The number of amides is 1. The van der Waals surface area contributed by atoms with Gasteiger partial charge in [-0.3, -0.25) is 4.79 Å². The van der Waals surface area contributed by atoms with E-state index in [1.807, 2.05) is 6.07 Å². The normalized spacial score (nSPS) is 19.8. The van der Waals surface area contributed by atoms with Crippen LogP contribution in [-0.4, -0.2) is 25.5 Å². The Bertz CT molecular complexity index is 743. The molecule has 1 saturated heterocycles. The number of anilines is 1. The molecule has 4 heteroatoms. The average Bonchev–Trinajstić information content (AvgIpc) is 2.64. The lowest BCUT2D eigenvalue weighted by Crippen LogP contribution is -3.14. The van der Waals surface area contributed by atoms with Crippen LogP contribution in [0.15, 0.2) is 54.6 Å². The number of nitrogens with zero attached hydrogens (tertiary/aromatic N) is 1. The first kappa shape index (κ1) is 17.2. The van der Waals surface area contributed by atoms with E-state index in [9.17, 15) is 4.79 Å². The molecule has 2 aromatic rings. The SMILES string of the molecule is N#Cc1cccc(NC(=O)C[NH+]2CCC(Cc3ccccc3)CC2)c1. The summed E-state index contributed by atoms with van der Waals surface area (Å²) in [6.07, 6.45) is 3.48. The molecule has 0 atom stereocenters. The molecule has 0 bridgehead atoms. The van der Waals surface area contributed by atoms with Crippen molar-refractivity contribution in [1.82, 2.24) is 0 Å². The van der Waals surface area contributed by atoms with Gasteiger partial charge in [0.25, 0.3) is 5.91 Å². The number of benzene rings is 2. The van der Waals surface area contributed by atoms with Crippen molar-refractivity contribution in [2.75, 3.05) is 25.0 Å². The Morgan fingerprint density at radius 1 is 1.12 bits per heavy atom. The van der Waals surface area contributed by atoms with Crippen molar-refractivity contribution >= 4 is 11.6 Å². The lowest BCUT2D eigenvalue weighted by Gasteiger charge is -2.29. The second-order valence-electron chi connectivity index (χ2n) is 6.80. The Balaban J connectivity index is 1.44. The standard InChI is InChI=1S/C21H23N3O/c22-15-19-7-4-8-20(14-19)23-21(25)16-24-11-9-18(10-12-24)13-17-5-2-1-3-6-17/h1-8,14,18H,9-13,16H2,(H,23,25)/p+1. The molecular weight excluding hydrogens is 310 g/mol. The minimum absolute atomic E-state index is 0.0200. The zero-order valence-electron chi connectivity index (χ0n) is 14.4. The molecule has 0 saturated carbocycles. The van der Waals surface area contributed by atoms with E-state index in [1.54, 1.807) is 18.2 Å². The topological polar surface area (TPSA) is 57.3 Å². The van der Waals surface area contributed by atoms with Crippen LogP contribution in [0.25, 0.3) is 0 Å². The molecule has 2 N–H and O–H groups in total. The van der Waals surface area contributed by atoms with E-state index in [0.29, 0.717) is 17.8 Å². The van der Waals surface area contributed by atoms with Crippen molar-refractivity contribution in [1.29, 1.82) is 5.26 Å². The number of carbonyl (C=O) groups is 1. The van der Waals surface area contributed by atoms with Crippen molar-refractivity contribution < 1.29 is 9.69 Å². The highest BCUT2D eigenvalue weighted by Crippen LogP contribution is 2.16. The van der Waals surface area contributed by atoms with Crippen LogP contribution in [-0.2, 0) is 11.2 Å². The minimum Gasteiger partial charge on any atom is -0.327 e. The van der Waals surface area contributed by atoms with Gasteiger partial charge in [-0.25, -0.2) is 0 Å². The van der Waals surface area contributed by atoms with Gasteiger partial charge in [-0.05, 0) is 48.9 Å². The summed E-state index contributed by atoms with van der Waals surface area (Å²) in [7, 11) is 0. The van der Waals surface area contributed by atoms with Gasteiger partial charge in [-0.1, -0.05) is 36.4 Å². The largest absolute Gasteiger partial charge is 0.327 e. The van der Waals surface area contributed by atoms with Gasteiger partial charge in [0.15, 0.2) is 6.54 Å². The smallest absolute Gasteiger partial charge is 0.279 e. The molecule has 1 aliphatic rings. The maximum atomic E-state index is 12.2. The maximum absolute atomic E-state index is 12.2. The summed E-state index contributed by atoms with van der Waals surface area (Å²) in [4.78, 5) is 13.6. The number of nitrogens with one attached hydrogen (secondary N) is 2. The first-order valence-corrected chi connectivity index (χ1v) is 8.90. The fourth-order valence-corrected chi connectivity index (χ4v) is 3.51. The van der Waals surface area contributed by atoms with Gasteiger partial charge in [0, 0.05) is 5.69 Å². The Morgan fingerprint density at radius 2 is 1.88 bits per heavy atom. The second-order valence-corrected chi connectivity index (χ2v) is 6.80. The van der Waals surface area contributed by atoms with Gasteiger partial charge in [0.05, 0.1) is 24.7 Å². The minimum atomic E-state index is 0.0200. The Kier molecular flexibility index (Phi) is 5.81. The Morgan fingerprint density at radius 3 is 2.60 bits per heavy atom. The predicted molar refractivity (Wildman–Crippen MR) is 98.2 cm³/mol. The van der Waals surface area contributed by atoms with Crippen LogP contribution in [0.5, 0.6) is 0 Å². The first-order chi connectivity index (χ1) is 12.2. The van der Waals surface area contributed by atoms with Crippen LogP contribution >= 0.6 is 0 Å². The molecule has 2 aromatic carbocycles. The zero-order chi connectivity index (χ0) is 17.5. The number of likely N-dealkylation sites (tertiary alicyclic amines) is 1. The van der Waals surface area contributed by atoms with Gasteiger partial charge in [-0.2, -0.15) is 5.26 Å². The predicted octanol–water partition coefficient (Wildman–Crippen LogP) is 2.03. The van der Waals surface area contributed by atoms with Crippen LogP contribution in [0, 0.1) is 17.2 Å². The van der Waals surface area contributed by atoms with Crippen molar-refractivity contribution in [2.24, 2.45) is 5.92 Å². The summed E-state index contributed by atoms with van der Waals surface area (Å²) in [6, 6.07) is 19.8. The summed E-state index contributed by atoms with van der Waals surface area (Å²) in [5.41, 5.74) is 2.67. The number of nitriles is 1. The van der Waals surface area contributed by atoms with Gasteiger partial charge in [0.2, 0.25) is 0 Å². The highest BCUT2D eigenvalue weighted by molar-refractivity contribution is 5.91. The van der Waals surface area contributed by atoms with E-state index >= 15 is 0 Å². The van der Waals surface area contributed by atoms with E-state index in [-0.39, 0.29) is 5.91 Å². The number of hydrogen-bond acceptors (Lipinski definition) is 2. The zero-order valence-corrected chi connectivity index (χ0v) is 14.4. The van der Waals surface area contributed by atoms with Crippen molar-refractivity contribution in [3.05, 3.63) is 65.7 Å². The highest BCUT2D eigenvalue weighted by atomic mass is 16.2. The summed E-state index contributed by atoms with van der Waals surface area (Å²) in [5, 5.41) is 11.8. The molecule has 3 rings (SSSR count). The molecular formula is C21H24N3O+. The summed E-state index contributed by atoms with van der Waals surface area (Å²) in [5.74, 6) is 0.744. The van der Waals surface area contributed by atoms with E-state index in [2.05, 4.69) is 41.7 Å². The quantitative estimate of drug-likeness (QED) is 0.879. The number of piperidine rings is 1. The number of carbonyl (C=O) groups excluding carboxylic acids is 1. The molecule has 0 radical (unpaired) electrons. The molecule has 128 valence electrons. The highest BCUT2D eigenvalue weighted by Gasteiger charge is 2.24. The Hall–Kier alpha value is -2.64. The maximum Gasteiger partial charge on any atom is 0.279 e. The average molecular weight is 334 g/mol. The van der Waals surface area contributed by atoms with Crippen LogP contribution in [0.3, 0.4) is 0 Å². The molecule has 0 aliphatic carbocycles. The molecule has 1 fully saturated rings. The van der Waals surface area contributed by atoms with Crippen LogP contribution < -0.4 is 10.2 Å². The van der Waals surface area contributed by atoms with Gasteiger partial charge in [0.1, 0.15) is 0 Å². The Labute approximate surface area is 149 Å². The number of quaternary nitrogens is 1. The monoisotopic (exact) mass is 334 g/mol. The first-order valence-electron chi connectivity index (χ1n) is 8.90. The third kappa shape index (κ3) is 5.17. The summed E-state index contributed by atoms with van der Waals surface area (Å²) < 4.78 is 0. The van der Waals surface area contributed by atoms with Crippen molar-refractivity contribution in [3.63, 3.8) is 0 Å². The van der Waals surface area contributed by atoms with Crippen molar-refractivity contribution in [2.45, 2.75) is 19.3 Å². The van der Waals surface area contributed by atoms with Crippen molar-refractivity contribution in [3.8, 4) is 6.07 Å². The third-order valence-corrected chi connectivity index (χ3v) is 4.87. The molecule has 0 spiro atoms. The molecule has 1 aliphatic heterocycles. The lowest BCUT2D eigenvalue weighted by atomic mass is 9.90. The fourth-order valence-electron chi connectivity index (χ4n) is 3.51. The molecule has 25 heavy (non-hydrogen) atoms. The van der Waals surface area contributed by atoms with E-state index in [4.69, 9.17) is 5.26 Å². The summed E-state index contributed by atoms with van der Waals surface area (Å²) in [6.45, 7) is 2.58. The van der Waals surface area contributed by atoms with Gasteiger partial charge >= 0.3 is 0 Å². The molecule has 4 nitrogen and oxygen atoms in total. The number of rotatable bonds is 5. The summed E-state index contributed by atoms with van der Waals surface area (Å²) >= 11 is 0. The third-order valence-electron chi connectivity index (χ3n) is 4.87. The van der Waals surface area contributed by atoms with Crippen LogP contribution in [0.2, 0.25) is 0 Å². The fraction of sp³-hybridized carbons (Fsp3) is 0.333. The van der Waals surface area contributed by atoms with Crippen LogP contribution in [0.4, 0.5) is 5.69 Å². The lowest BCUT2D eigenvalue weighted by molar-refractivity contribution is -0.898. The molecule has 1 amide bonds. The van der Waals surface area contributed by atoms with Gasteiger partial charge < -0.3 is 10.2 Å². The molecule has 1 heterocycles. The number of hydrogen-bond donors (Lipinski definition) is 2. The molecule has 0 aromatic heterocycles. The van der Waals surface area contributed by atoms with Gasteiger partial charge in [-0.15, -0.1) is 0 Å². The molecule has 0 unspecified atom stereocenters.